The Morgan fingerprint density at radius 3 is 1.58 bits per heavy atom. The first kappa shape index (κ1) is 20.7. The molecule has 0 aromatic rings. The third-order valence-corrected chi connectivity index (χ3v) is 4.46. The van der Waals surface area contributed by atoms with Gasteiger partial charge in [-0.1, -0.05) is 19.1 Å². The van der Waals surface area contributed by atoms with Gasteiger partial charge in [-0.15, -0.1) is 0 Å². The Morgan fingerprint density at radius 1 is 0.792 bits per heavy atom. The fraction of sp³-hybridized carbons (Fsp3) is 0.800. The third-order valence-electron chi connectivity index (χ3n) is 4.46. The molecular weight excluding hydrogens is 304 g/mol. The van der Waals surface area contributed by atoms with Crippen LogP contribution in [0.1, 0.15) is 85.0 Å². The second-order valence-electron chi connectivity index (χ2n) is 7.08. The van der Waals surface area contributed by atoms with E-state index in [-0.39, 0.29) is 24.1 Å². The smallest absolute Gasteiger partial charge is 0.302 e. The van der Waals surface area contributed by atoms with Crippen LogP contribution in [0.4, 0.5) is 0 Å². The van der Waals surface area contributed by atoms with E-state index >= 15 is 0 Å². The minimum Gasteiger partial charge on any atom is -0.463 e. The molecule has 0 bridgehead atoms. The average molecular weight is 338 g/mol. The Labute approximate surface area is 147 Å². The first-order chi connectivity index (χ1) is 11.5. The van der Waals surface area contributed by atoms with Crippen LogP contribution in [0.2, 0.25) is 0 Å². The van der Waals surface area contributed by atoms with Gasteiger partial charge in [0.1, 0.15) is 12.2 Å². The summed E-state index contributed by atoms with van der Waals surface area (Å²) in [5.41, 5.74) is 0. The Bertz CT molecular complexity index is 366. The van der Waals surface area contributed by atoms with Gasteiger partial charge in [0.15, 0.2) is 0 Å². The standard InChI is InChI=1S/C20H34O4/c1-16-14-19(23-17(2)21)12-10-8-6-4-5-7-9-11-13-20(15-16)24-18(3)22/h4-5,16,19-20H,6-15H2,1-3H3/b5-4-. The van der Waals surface area contributed by atoms with Crippen LogP contribution in [-0.4, -0.2) is 24.1 Å². The molecule has 2 unspecified atom stereocenters. The molecular formula is C20H34O4. The van der Waals surface area contributed by atoms with Crippen molar-refractivity contribution in [1.29, 1.82) is 0 Å². The van der Waals surface area contributed by atoms with Crippen LogP contribution < -0.4 is 0 Å². The van der Waals surface area contributed by atoms with E-state index in [2.05, 4.69) is 19.1 Å². The summed E-state index contributed by atoms with van der Waals surface area (Å²) in [4.78, 5) is 22.7. The molecule has 1 aliphatic rings. The molecule has 0 amide bonds. The van der Waals surface area contributed by atoms with Gasteiger partial charge in [-0.25, -0.2) is 0 Å². The SMILES string of the molecule is CC(=O)OC1CCCC/C=C\CCCCC(OC(C)=O)CC(C)C1. The van der Waals surface area contributed by atoms with Crippen LogP contribution in [0.25, 0.3) is 0 Å². The molecule has 4 nitrogen and oxygen atoms in total. The van der Waals surface area contributed by atoms with Crippen LogP contribution in [0.5, 0.6) is 0 Å². The monoisotopic (exact) mass is 338 g/mol. The zero-order valence-corrected chi connectivity index (χ0v) is 15.6. The number of esters is 2. The summed E-state index contributed by atoms with van der Waals surface area (Å²) in [6.07, 6.45) is 14.6. The first-order valence-corrected chi connectivity index (χ1v) is 9.46. The summed E-state index contributed by atoms with van der Waals surface area (Å²) >= 11 is 0. The lowest BCUT2D eigenvalue weighted by molar-refractivity contribution is -0.148. The van der Waals surface area contributed by atoms with Crippen LogP contribution in [0.3, 0.4) is 0 Å². The van der Waals surface area contributed by atoms with E-state index in [0.29, 0.717) is 5.92 Å². The number of allylic oxidation sites excluding steroid dienone is 2. The largest absolute Gasteiger partial charge is 0.463 e. The zero-order chi connectivity index (χ0) is 17.8. The molecule has 1 aliphatic carbocycles. The molecule has 0 heterocycles. The first-order valence-electron chi connectivity index (χ1n) is 9.46. The van der Waals surface area contributed by atoms with E-state index in [1.807, 2.05) is 0 Å². The Kier molecular flexibility index (Phi) is 10.4. The topological polar surface area (TPSA) is 52.6 Å². The van der Waals surface area contributed by atoms with Crippen molar-refractivity contribution < 1.29 is 19.1 Å². The molecule has 1 rings (SSSR count). The molecule has 0 N–H and O–H groups in total. The summed E-state index contributed by atoms with van der Waals surface area (Å²) < 4.78 is 11.0. The molecule has 0 radical (unpaired) electrons. The molecule has 0 aromatic carbocycles. The maximum absolute atomic E-state index is 11.3. The zero-order valence-electron chi connectivity index (χ0n) is 15.6. The minimum atomic E-state index is -0.207. The Hall–Kier alpha value is -1.32. The van der Waals surface area contributed by atoms with E-state index in [0.717, 1.165) is 64.2 Å². The lowest BCUT2D eigenvalue weighted by Gasteiger charge is -2.24. The Morgan fingerprint density at radius 2 is 1.21 bits per heavy atom. The van der Waals surface area contributed by atoms with Crippen molar-refractivity contribution >= 4 is 11.9 Å². The molecule has 0 saturated carbocycles. The number of ether oxygens (including phenoxy) is 2. The minimum absolute atomic E-state index is 0.0235. The van der Waals surface area contributed by atoms with Gasteiger partial charge in [0.2, 0.25) is 0 Å². The highest BCUT2D eigenvalue weighted by atomic mass is 16.5. The van der Waals surface area contributed by atoms with Crippen molar-refractivity contribution in [2.75, 3.05) is 0 Å². The fourth-order valence-electron chi connectivity index (χ4n) is 3.42. The molecule has 2 atom stereocenters. The summed E-state index contributed by atoms with van der Waals surface area (Å²) in [5, 5.41) is 0. The van der Waals surface area contributed by atoms with Crippen LogP contribution >= 0.6 is 0 Å². The van der Waals surface area contributed by atoms with Crippen molar-refractivity contribution in [3.8, 4) is 0 Å². The molecule has 0 aromatic heterocycles. The molecule has 138 valence electrons. The Balaban J connectivity index is 2.66. The van der Waals surface area contributed by atoms with Gasteiger partial charge in [-0.3, -0.25) is 9.59 Å². The summed E-state index contributed by atoms with van der Waals surface area (Å²) in [6, 6.07) is 0. The van der Waals surface area contributed by atoms with Gasteiger partial charge >= 0.3 is 11.9 Å². The van der Waals surface area contributed by atoms with Gasteiger partial charge in [0, 0.05) is 13.8 Å². The second-order valence-corrected chi connectivity index (χ2v) is 7.08. The summed E-state index contributed by atoms with van der Waals surface area (Å²) in [6.45, 7) is 5.11. The predicted octanol–water partition coefficient (Wildman–Crippen LogP) is 4.96. The summed E-state index contributed by atoms with van der Waals surface area (Å²) in [7, 11) is 0. The lowest BCUT2D eigenvalue weighted by atomic mass is 9.92. The lowest BCUT2D eigenvalue weighted by Crippen LogP contribution is -2.24. The van der Waals surface area contributed by atoms with Gasteiger partial charge in [-0.05, 0) is 70.1 Å². The normalized spacial score (nSPS) is 28.9. The molecule has 0 saturated heterocycles. The highest BCUT2D eigenvalue weighted by Crippen LogP contribution is 2.23. The molecule has 24 heavy (non-hydrogen) atoms. The van der Waals surface area contributed by atoms with Crippen molar-refractivity contribution in [3.05, 3.63) is 12.2 Å². The van der Waals surface area contributed by atoms with Gasteiger partial charge in [-0.2, -0.15) is 0 Å². The second kappa shape index (κ2) is 12.1. The van der Waals surface area contributed by atoms with Crippen LogP contribution in [0.15, 0.2) is 12.2 Å². The number of rotatable bonds is 2. The highest BCUT2D eigenvalue weighted by molar-refractivity contribution is 5.66. The molecule has 0 aliphatic heterocycles. The van der Waals surface area contributed by atoms with Gasteiger partial charge in [0.25, 0.3) is 0 Å². The van der Waals surface area contributed by atoms with E-state index in [4.69, 9.17) is 9.47 Å². The third kappa shape index (κ3) is 10.5. The summed E-state index contributed by atoms with van der Waals surface area (Å²) in [5.74, 6) is -0.0509. The number of carbonyl (C=O) groups is 2. The van der Waals surface area contributed by atoms with Crippen molar-refractivity contribution in [2.45, 2.75) is 97.2 Å². The van der Waals surface area contributed by atoms with Gasteiger partial charge in [0.05, 0.1) is 0 Å². The van der Waals surface area contributed by atoms with E-state index in [9.17, 15) is 9.59 Å². The van der Waals surface area contributed by atoms with E-state index in [1.165, 1.54) is 13.8 Å². The maximum atomic E-state index is 11.3. The number of hydrogen-bond donors (Lipinski definition) is 0. The molecule has 4 heteroatoms. The number of carbonyl (C=O) groups excluding carboxylic acids is 2. The fourth-order valence-corrected chi connectivity index (χ4v) is 3.42. The highest BCUT2D eigenvalue weighted by Gasteiger charge is 2.21. The van der Waals surface area contributed by atoms with Crippen molar-refractivity contribution in [3.63, 3.8) is 0 Å². The average Bonchev–Trinajstić information content (AvgIpc) is 2.47. The predicted molar refractivity (Wildman–Crippen MR) is 95.6 cm³/mol. The molecule has 0 fully saturated rings. The van der Waals surface area contributed by atoms with E-state index in [1.54, 1.807) is 0 Å². The number of hydrogen-bond acceptors (Lipinski definition) is 4. The molecule has 0 spiro atoms. The van der Waals surface area contributed by atoms with Crippen LogP contribution in [0, 0.1) is 5.92 Å². The van der Waals surface area contributed by atoms with Crippen molar-refractivity contribution in [1.82, 2.24) is 0 Å². The quantitative estimate of drug-likeness (QED) is 0.527. The van der Waals surface area contributed by atoms with Crippen molar-refractivity contribution in [2.24, 2.45) is 5.92 Å². The maximum Gasteiger partial charge on any atom is 0.302 e. The van der Waals surface area contributed by atoms with Gasteiger partial charge < -0.3 is 9.47 Å². The van der Waals surface area contributed by atoms with E-state index < -0.39 is 0 Å². The van der Waals surface area contributed by atoms with Crippen LogP contribution in [-0.2, 0) is 19.1 Å².